The quantitative estimate of drug-likeness (QED) is 0.725. The fourth-order valence-corrected chi connectivity index (χ4v) is 2.94. The summed E-state index contributed by atoms with van der Waals surface area (Å²) in [6, 6.07) is 14.6. The summed E-state index contributed by atoms with van der Waals surface area (Å²) in [6.07, 6.45) is -0.457. The average Bonchev–Trinajstić information content (AvgIpc) is 3.04. The fourth-order valence-electron chi connectivity index (χ4n) is 2.94. The highest BCUT2D eigenvalue weighted by atomic mass is 16.5. The van der Waals surface area contributed by atoms with Gasteiger partial charge >= 0.3 is 0 Å². The van der Waals surface area contributed by atoms with Crippen molar-refractivity contribution in [3.63, 3.8) is 0 Å². The van der Waals surface area contributed by atoms with Gasteiger partial charge < -0.3 is 19.8 Å². The highest BCUT2D eigenvalue weighted by Crippen LogP contribution is 2.32. The van der Waals surface area contributed by atoms with Crippen LogP contribution in [-0.2, 0) is 16.0 Å². The number of nitrogens with zero attached hydrogens (tertiary/aromatic N) is 1. The van der Waals surface area contributed by atoms with Gasteiger partial charge in [0, 0.05) is 11.3 Å². The summed E-state index contributed by atoms with van der Waals surface area (Å²) in [4.78, 5) is 28.6. The van der Waals surface area contributed by atoms with Crippen molar-refractivity contribution in [3.05, 3.63) is 60.0 Å². The van der Waals surface area contributed by atoms with Gasteiger partial charge in [-0.25, -0.2) is 4.98 Å². The van der Waals surface area contributed by atoms with Gasteiger partial charge in [0.2, 0.25) is 11.8 Å². The van der Waals surface area contributed by atoms with Crippen LogP contribution >= 0.6 is 0 Å². The molecule has 0 aliphatic carbocycles. The number of carbonyl (C=O) groups is 2. The Kier molecular flexibility index (Phi) is 4.57. The van der Waals surface area contributed by atoms with Gasteiger partial charge in [-0.1, -0.05) is 18.2 Å². The number of rotatable bonds is 4. The minimum absolute atomic E-state index is 0.0825. The lowest BCUT2D eigenvalue weighted by atomic mass is 10.2. The normalized spacial score (nSPS) is 15.4. The molecule has 0 spiro atoms. The molecule has 0 bridgehead atoms. The number of fused-ring (bicyclic) bond motifs is 1. The van der Waals surface area contributed by atoms with Crippen LogP contribution in [0.1, 0.15) is 18.4 Å². The Morgan fingerprint density at radius 1 is 1.21 bits per heavy atom. The van der Waals surface area contributed by atoms with Crippen LogP contribution < -0.4 is 15.4 Å². The number of carbonyl (C=O) groups excluding carboxylic acids is 2. The number of oxazole rings is 1. The lowest BCUT2D eigenvalue weighted by molar-refractivity contribution is -0.122. The standard InChI is InChI=1S/C21H19N3O4/c1-12-16(24-21(28-12)14-6-4-3-5-7-14)11-19(25)22-15-8-9-18-17(10-15)23-20(26)13(2)27-18/h3-10,13H,11H2,1-2H3,(H,22,25)(H,23,26)/t13-/m1/s1. The molecule has 0 fully saturated rings. The predicted octanol–water partition coefficient (Wildman–Crippen LogP) is 3.55. The summed E-state index contributed by atoms with van der Waals surface area (Å²) in [6.45, 7) is 3.47. The van der Waals surface area contributed by atoms with Crippen molar-refractivity contribution < 1.29 is 18.7 Å². The molecule has 2 aromatic carbocycles. The predicted molar refractivity (Wildman–Crippen MR) is 104 cm³/mol. The number of nitrogens with one attached hydrogen (secondary N) is 2. The zero-order valence-electron chi connectivity index (χ0n) is 15.5. The van der Waals surface area contributed by atoms with Crippen LogP contribution in [0.25, 0.3) is 11.5 Å². The molecule has 1 aromatic heterocycles. The molecule has 2 amide bonds. The summed E-state index contributed by atoms with van der Waals surface area (Å²) < 4.78 is 11.2. The molecule has 7 nitrogen and oxygen atoms in total. The number of aromatic nitrogens is 1. The smallest absolute Gasteiger partial charge is 0.265 e. The molecule has 2 N–H and O–H groups in total. The van der Waals surface area contributed by atoms with E-state index in [-0.39, 0.29) is 18.2 Å². The van der Waals surface area contributed by atoms with Crippen molar-refractivity contribution in [1.82, 2.24) is 4.98 Å². The van der Waals surface area contributed by atoms with Gasteiger partial charge in [0.25, 0.3) is 5.91 Å². The topological polar surface area (TPSA) is 93.5 Å². The van der Waals surface area contributed by atoms with Crippen molar-refractivity contribution in [2.75, 3.05) is 10.6 Å². The van der Waals surface area contributed by atoms with Crippen LogP contribution in [-0.4, -0.2) is 22.9 Å². The van der Waals surface area contributed by atoms with E-state index in [2.05, 4.69) is 15.6 Å². The molecule has 2 heterocycles. The first-order valence-corrected chi connectivity index (χ1v) is 8.93. The lowest BCUT2D eigenvalue weighted by Gasteiger charge is -2.23. The summed E-state index contributed by atoms with van der Waals surface area (Å²) in [5.41, 5.74) is 2.54. The van der Waals surface area contributed by atoms with Gasteiger partial charge in [-0.15, -0.1) is 0 Å². The summed E-state index contributed by atoms with van der Waals surface area (Å²) in [7, 11) is 0. The number of ether oxygens (including phenoxy) is 1. The zero-order chi connectivity index (χ0) is 19.7. The molecule has 1 aliphatic heterocycles. The SMILES string of the molecule is Cc1oc(-c2ccccc2)nc1CC(=O)Nc1ccc2c(c1)NC(=O)[C@@H](C)O2. The van der Waals surface area contributed by atoms with Crippen LogP contribution in [0.3, 0.4) is 0 Å². The Balaban J connectivity index is 1.46. The third kappa shape index (κ3) is 3.59. The minimum atomic E-state index is -0.540. The lowest BCUT2D eigenvalue weighted by Crippen LogP contribution is -2.34. The molecule has 0 unspecified atom stereocenters. The number of aryl methyl sites for hydroxylation is 1. The van der Waals surface area contributed by atoms with Crippen molar-refractivity contribution in [3.8, 4) is 17.2 Å². The number of amides is 2. The van der Waals surface area contributed by atoms with E-state index in [0.717, 1.165) is 5.56 Å². The van der Waals surface area contributed by atoms with Crippen molar-refractivity contribution in [2.45, 2.75) is 26.4 Å². The zero-order valence-corrected chi connectivity index (χ0v) is 15.5. The molecular weight excluding hydrogens is 358 g/mol. The first kappa shape index (κ1) is 17.8. The molecule has 0 radical (unpaired) electrons. The Morgan fingerprint density at radius 3 is 2.79 bits per heavy atom. The second-order valence-corrected chi connectivity index (χ2v) is 6.57. The minimum Gasteiger partial charge on any atom is -0.479 e. The van der Waals surface area contributed by atoms with E-state index in [0.29, 0.717) is 34.5 Å². The molecule has 142 valence electrons. The summed E-state index contributed by atoms with van der Waals surface area (Å²) in [5.74, 6) is 1.22. The Labute approximate surface area is 161 Å². The van der Waals surface area contributed by atoms with Crippen LogP contribution in [0.4, 0.5) is 11.4 Å². The van der Waals surface area contributed by atoms with E-state index in [1.165, 1.54) is 0 Å². The van der Waals surface area contributed by atoms with E-state index < -0.39 is 6.10 Å². The van der Waals surface area contributed by atoms with Crippen molar-refractivity contribution in [1.29, 1.82) is 0 Å². The molecule has 0 saturated carbocycles. The highest BCUT2D eigenvalue weighted by molar-refractivity contribution is 5.99. The number of hydrogen-bond donors (Lipinski definition) is 2. The third-order valence-corrected chi connectivity index (χ3v) is 4.44. The van der Waals surface area contributed by atoms with E-state index >= 15 is 0 Å². The van der Waals surface area contributed by atoms with Crippen molar-refractivity contribution in [2.24, 2.45) is 0 Å². The molecule has 1 aliphatic rings. The van der Waals surface area contributed by atoms with Crippen LogP contribution in [0.5, 0.6) is 5.75 Å². The van der Waals surface area contributed by atoms with Gasteiger partial charge in [0.05, 0.1) is 17.8 Å². The monoisotopic (exact) mass is 377 g/mol. The van der Waals surface area contributed by atoms with Gasteiger partial charge in [-0.05, 0) is 44.2 Å². The fraction of sp³-hybridized carbons (Fsp3) is 0.190. The Bertz CT molecular complexity index is 1040. The summed E-state index contributed by atoms with van der Waals surface area (Å²) >= 11 is 0. The largest absolute Gasteiger partial charge is 0.479 e. The van der Waals surface area contributed by atoms with Gasteiger partial charge in [0.1, 0.15) is 11.5 Å². The van der Waals surface area contributed by atoms with E-state index in [1.807, 2.05) is 30.3 Å². The molecule has 7 heteroatoms. The number of anilines is 2. The van der Waals surface area contributed by atoms with E-state index in [4.69, 9.17) is 9.15 Å². The highest BCUT2D eigenvalue weighted by Gasteiger charge is 2.23. The third-order valence-electron chi connectivity index (χ3n) is 4.44. The van der Waals surface area contributed by atoms with Gasteiger partial charge in [0.15, 0.2) is 6.10 Å². The Morgan fingerprint density at radius 2 is 2.00 bits per heavy atom. The van der Waals surface area contributed by atoms with Crippen LogP contribution in [0.15, 0.2) is 52.9 Å². The molecule has 3 aromatic rings. The second kappa shape index (κ2) is 7.19. The maximum absolute atomic E-state index is 12.5. The molecule has 1 atom stereocenters. The number of hydrogen-bond acceptors (Lipinski definition) is 5. The number of benzene rings is 2. The molecular formula is C21H19N3O4. The molecule has 4 rings (SSSR count). The van der Waals surface area contributed by atoms with E-state index in [1.54, 1.807) is 32.0 Å². The average molecular weight is 377 g/mol. The maximum atomic E-state index is 12.5. The van der Waals surface area contributed by atoms with Crippen LogP contribution in [0, 0.1) is 6.92 Å². The Hall–Kier alpha value is -3.61. The van der Waals surface area contributed by atoms with E-state index in [9.17, 15) is 9.59 Å². The molecule has 28 heavy (non-hydrogen) atoms. The van der Waals surface area contributed by atoms with Crippen molar-refractivity contribution >= 4 is 23.2 Å². The second-order valence-electron chi connectivity index (χ2n) is 6.57. The van der Waals surface area contributed by atoms with Crippen LogP contribution in [0.2, 0.25) is 0 Å². The van der Waals surface area contributed by atoms with Gasteiger partial charge in [-0.2, -0.15) is 0 Å². The first-order valence-electron chi connectivity index (χ1n) is 8.93. The molecule has 0 saturated heterocycles. The first-order chi connectivity index (χ1) is 13.5. The summed E-state index contributed by atoms with van der Waals surface area (Å²) in [5, 5.41) is 5.58. The van der Waals surface area contributed by atoms with Gasteiger partial charge in [-0.3, -0.25) is 9.59 Å². The maximum Gasteiger partial charge on any atom is 0.265 e.